The average molecular weight is 774 g/mol. The van der Waals surface area contributed by atoms with Gasteiger partial charge < -0.3 is 14.4 Å². The fraction of sp³-hybridized carbons (Fsp3) is 0.923. The van der Waals surface area contributed by atoms with Gasteiger partial charge in [-0.2, -0.15) is 0 Å². The monoisotopic (exact) mass is 774 g/mol. The molecule has 0 saturated heterocycles. The fourth-order valence-corrected chi connectivity index (χ4v) is 8.10. The van der Waals surface area contributed by atoms with Crippen LogP contribution in [-0.4, -0.2) is 45.0 Å². The minimum absolute atomic E-state index is 0.0764. The smallest absolute Gasteiger partial charge is 0.158 e. The van der Waals surface area contributed by atoms with Gasteiger partial charge in [0.15, 0.2) is 6.29 Å². The molecule has 0 aromatic carbocycles. The quantitative estimate of drug-likeness (QED) is 0.0349. The molecular weight excluding hydrogens is 671 g/mol. The van der Waals surface area contributed by atoms with Crippen molar-refractivity contribution in [2.45, 2.75) is 265 Å². The Hall–Kier alpha value is -0.640. The van der Waals surface area contributed by atoms with E-state index in [4.69, 9.17) is 9.47 Å². The van der Waals surface area contributed by atoms with Gasteiger partial charge in [0.05, 0.1) is 13.2 Å². The Morgan fingerprint density at radius 2 is 0.727 bits per heavy atom. The highest BCUT2D eigenvalue weighted by Gasteiger charge is 2.10. The number of ether oxygens (including phenoxy) is 2. The Kier molecular flexibility index (Phi) is 45.5. The first-order chi connectivity index (χ1) is 27.0. The second-order valence-corrected chi connectivity index (χ2v) is 18.0. The summed E-state index contributed by atoms with van der Waals surface area (Å²) in [5.74, 6) is 1.90. The first kappa shape index (κ1) is 54.4. The predicted molar refractivity (Wildman–Crippen MR) is 248 cm³/mol. The molecule has 3 nitrogen and oxygen atoms in total. The van der Waals surface area contributed by atoms with E-state index in [1.807, 2.05) is 0 Å². The largest absolute Gasteiger partial charge is 0.349 e. The van der Waals surface area contributed by atoms with Gasteiger partial charge in [-0.15, -0.1) is 0 Å². The number of hydrogen-bond donors (Lipinski definition) is 0. The number of hydrogen-bond acceptors (Lipinski definition) is 3. The SMILES string of the molecule is CCCCCC/C=C\COC(CCCCCCCCCC(CCCCCCCCCCC(C)CCCCCC)CCCN(C)C)OC/C=C\CCCCCC. The van der Waals surface area contributed by atoms with Gasteiger partial charge in [0, 0.05) is 0 Å². The van der Waals surface area contributed by atoms with Crippen LogP contribution in [0.2, 0.25) is 0 Å². The summed E-state index contributed by atoms with van der Waals surface area (Å²) in [4.78, 5) is 2.37. The van der Waals surface area contributed by atoms with Gasteiger partial charge in [-0.05, 0) is 83.8 Å². The van der Waals surface area contributed by atoms with Crippen LogP contribution in [0.1, 0.15) is 259 Å². The Morgan fingerprint density at radius 3 is 1.15 bits per heavy atom. The van der Waals surface area contributed by atoms with E-state index in [0.717, 1.165) is 18.3 Å². The first-order valence-electron chi connectivity index (χ1n) is 25.2. The van der Waals surface area contributed by atoms with E-state index < -0.39 is 0 Å². The molecule has 0 fully saturated rings. The summed E-state index contributed by atoms with van der Waals surface area (Å²) in [5.41, 5.74) is 0. The van der Waals surface area contributed by atoms with Gasteiger partial charge >= 0.3 is 0 Å². The van der Waals surface area contributed by atoms with E-state index in [0.29, 0.717) is 13.2 Å². The number of allylic oxidation sites excluding steroid dienone is 2. The highest BCUT2D eigenvalue weighted by molar-refractivity contribution is 4.83. The topological polar surface area (TPSA) is 21.7 Å². The molecule has 0 amide bonds. The minimum atomic E-state index is -0.0764. The normalized spacial score (nSPS) is 13.4. The zero-order valence-corrected chi connectivity index (χ0v) is 38.9. The molecule has 0 heterocycles. The molecule has 328 valence electrons. The van der Waals surface area contributed by atoms with Gasteiger partial charge in [-0.3, -0.25) is 0 Å². The Morgan fingerprint density at radius 1 is 0.382 bits per heavy atom. The van der Waals surface area contributed by atoms with Crippen molar-refractivity contribution >= 4 is 0 Å². The van der Waals surface area contributed by atoms with Crippen molar-refractivity contribution in [3.63, 3.8) is 0 Å². The van der Waals surface area contributed by atoms with E-state index in [1.54, 1.807) is 0 Å². The zero-order valence-electron chi connectivity index (χ0n) is 38.9. The molecular formula is C52H103NO2. The number of nitrogens with zero attached hydrogens (tertiary/aromatic N) is 1. The molecule has 2 unspecified atom stereocenters. The van der Waals surface area contributed by atoms with Crippen molar-refractivity contribution in [3.8, 4) is 0 Å². The molecule has 0 aliphatic carbocycles. The van der Waals surface area contributed by atoms with Gasteiger partial charge in [0.25, 0.3) is 0 Å². The molecule has 0 spiro atoms. The molecule has 0 aromatic rings. The van der Waals surface area contributed by atoms with Crippen molar-refractivity contribution in [1.82, 2.24) is 4.90 Å². The maximum absolute atomic E-state index is 6.19. The summed E-state index contributed by atoms with van der Waals surface area (Å²) in [6.07, 6.45) is 58.4. The second-order valence-electron chi connectivity index (χ2n) is 18.0. The van der Waals surface area contributed by atoms with Crippen molar-refractivity contribution in [2.75, 3.05) is 33.9 Å². The van der Waals surface area contributed by atoms with Crippen molar-refractivity contribution in [2.24, 2.45) is 11.8 Å². The third-order valence-electron chi connectivity index (χ3n) is 11.9. The van der Waals surface area contributed by atoms with Gasteiger partial charge in [0.2, 0.25) is 0 Å². The summed E-state index contributed by atoms with van der Waals surface area (Å²) in [5, 5.41) is 0. The summed E-state index contributed by atoms with van der Waals surface area (Å²) in [7, 11) is 4.46. The van der Waals surface area contributed by atoms with Gasteiger partial charge in [-0.1, -0.05) is 232 Å². The van der Waals surface area contributed by atoms with Crippen LogP contribution in [0.4, 0.5) is 0 Å². The van der Waals surface area contributed by atoms with E-state index >= 15 is 0 Å². The molecule has 0 aliphatic rings. The van der Waals surface area contributed by atoms with Crippen LogP contribution in [0.5, 0.6) is 0 Å². The lowest BCUT2D eigenvalue weighted by atomic mass is 9.90. The van der Waals surface area contributed by atoms with Crippen molar-refractivity contribution in [3.05, 3.63) is 24.3 Å². The number of rotatable bonds is 46. The van der Waals surface area contributed by atoms with Crippen LogP contribution in [0, 0.1) is 11.8 Å². The average Bonchev–Trinajstić information content (AvgIpc) is 3.17. The summed E-state index contributed by atoms with van der Waals surface area (Å²) < 4.78 is 12.4. The van der Waals surface area contributed by atoms with Crippen LogP contribution in [0.25, 0.3) is 0 Å². The highest BCUT2D eigenvalue weighted by atomic mass is 16.7. The molecule has 55 heavy (non-hydrogen) atoms. The maximum Gasteiger partial charge on any atom is 0.158 e. The van der Waals surface area contributed by atoms with E-state index in [1.165, 1.54) is 231 Å². The predicted octanol–water partition coefficient (Wildman–Crippen LogP) is 17.4. The third kappa shape index (κ3) is 44.3. The first-order valence-corrected chi connectivity index (χ1v) is 25.2. The zero-order chi connectivity index (χ0) is 40.1. The lowest BCUT2D eigenvalue weighted by Crippen LogP contribution is -2.17. The van der Waals surface area contributed by atoms with Crippen LogP contribution < -0.4 is 0 Å². The fourth-order valence-electron chi connectivity index (χ4n) is 8.10. The maximum atomic E-state index is 6.19. The molecule has 0 radical (unpaired) electrons. The Bertz CT molecular complexity index is 737. The molecule has 0 aliphatic heterocycles. The molecule has 0 bridgehead atoms. The molecule has 2 atom stereocenters. The lowest BCUT2D eigenvalue weighted by molar-refractivity contribution is -0.131. The van der Waals surface area contributed by atoms with Crippen LogP contribution in [0.15, 0.2) is 24.3 Å². The molecule has 0 saturated carbocycles. The summed E-state index contributed by atoms with van der Waals surface area (Å²) in [6, 6.07) is 0. The van der Waals surface area contributed by atoms with Crippen LogP contribution >= 0.6 is 0 Å². The van der Waals surface area contributed by atoms with E-state index in [9.17, 15) is 0 Å². The molecule has 0 N–H and O–H groups in total. The van der Waals surface area contributed by atoms with E-state index in [-0.39, 0.29) is 6.29 Å². The van der Waals surface area contributed by atoms with Crippen molar-refractivity contribution in [1.29, 1.82) is 0 Å². The second kappa shape index (κ2) is 46.1. The van der Waals surface area contributed by atoms with Crippen LogP contribution in [-0.2, 0) is 9.47 Å². The van der Waals surface area contributed by atoms with Gasteiger partial charge in [-0.25, -0.2) is 0 Å². The standard InChI is InChI=1S/C52H103NO2/c1-7-10-13-16-25-31-38-48-54-52(55-49-39-32-26-17-14-11-8-2)46-37-30-24-20-23-29-36-44-51(45-40-47-53(5)6)43-35-28-22-19-18-21-27-34-42-50(4)41-33-15-12-9-3/h31-32,38-39,50-52H,7-30,33-37,40-49H2,1-6H3/b38-31-,39-32-. The Labute approximate surface area is 348 Å². The summed E-state index contributed by atoms with van der Waals surface area (Å²) in [6.45, 7) is 11.9. The van der Waals surface area contributed by atoms with Crippen molar-refractivity contribution < 1.29 is 9.47 Å². The minimum Gasteiger partial charge on any atom is -0.349 e. The lowest BCUT2D eigenvalue weighted by Gasteiger charge is -2.18. The molecule has 3 heteroatoms. The summed E-state index contributed by atoms with van der Waals surface area (Å²) >= 11 is 0. The van der Waals surface area contributed by atoms with E-state index in [2.05, 4.69) is 71.0 Å². The molecule has 0 aromatic heterocycles. The van der Waals surface area contributed by atoms with Crippen LogP contribution in [0.3, 0.4) is 0 Å². The molecule has 0 rings (SSSR count). The number of unbranched alkanes of at least 4 members (excludes halogenated alkanes) is 24. The highest BCUT2D eigenvalue weighted by Crippen LogP contribution is 2.24. The van der Waals surface area contributed by atoms with Gasteiger partial charge in [0.1, 0.15) is 0 Å². The third-order valence-corrected chi connectivity index (χ3v) is 11.9. The Balaban J connectivity index is 4.18.